The first kappa shape index (κ1) is 63.7. The Morgan fingerprint density at radius 2 is 1.61 bits per heavy atom. The second-order valence-corrected chi connectivity index (χ2v) is 21.9. The maximum atomic E-state index is 15.2. The number of aromatic nitrogens is 2. The van der Waals surface area contributed by atoms with Gasteiger partial charge in [0, 0.05) is 87.8 Å². The van der Waals surface area contributed by atoms with Crippen LogP contribution in [0, 0.1) is 34.8 Å². The van der Waals surface area contributed by atoms with Crippen molar-refractivity contribution in [3.8, 4) is 11.3 Å². The maximum absolute atomic E-state index is 15.2. The van der Waals surface area contributed by atoms with E-state index in [1.54, 1.807) is 44.3 Å². The van der Waals surface area contributed by atoms with Crippen LogP contribution in [0.15, 0.2) is 60.8 Å². The number of nitrogens with two attached hydrogens (primary N) is 1. The third kappa shape index (κ3) is 19.3. The Kier molecular flexibility index (Phi) is 24.2. The molecule has 0 unspecified atom stereocenters. The van der Waals surface area contributed by atoms with Crippen molar-refractivity contribution in [3.05, 3.63) is 83.8 Å². The van der Waals surface area contributed by atoms with E-state index in [1.165, 1.54) is 24.0 Å². The number of halogens is 3. The van der Waals surface area contributed by atoms with Gasteiger partial charge in [-0.2, -0.15) is 0 Å². The van der Waals surface area contributed by atoms with Crippen molar-refractivity contribution in [1.82, 2.24) is 35.3 Å². The number of primary amides is 1. The zero-order chi connectivity index (χ0) is 58.7. The lowest BCUT2D eigenvalue weighted by atomic mass is 9.84. The highest BCUT2D eigenvalue weighted by molar-refractivity contribution is 6.12. The summed E-state index contributed by atoms with van der Waals surface area (Å²) in [6.45, 7) is 10.9. The molecule has 20 nitrogen and oxygen atoms in total. The summed E-state index contributed by atoms with van der Waals surface area (Å²) in [5.74, 6) is -4.71. The van der Waals surface area contributed by atoms with Gasteiger partial charge < -0.3 is 51.0 Å². The number of Topliss-reactive ketones (excluding diaryl/α,β-unsaturated/α-hetero) is 1. The Morgan fingerprint density at radius 3 is 2.24 bits per heavy atom. The van der Waals surface area contributed by atoms with Gasteiger partial charge in [0.05, 0.1) is 23.8 Å². The Morgan fingerprint density at radius 1 is 0.925 bits per heavy atom. The van der Waals surface area contributed by atoms with Crippen molar-refractivity contribution in [2.45, 2.75) is 143 Å². The largest absolute Gasteiger partial charge is 0.445 e. The molecule has 80 heavy (non-hydrogen) atoms. The summed E-state index contributed by atoms with van der Waals surface area (Å²) in [6, 6.07) is 5.70. The smallest absolute Gasteiger partial charge is 0.407 e. The molecule has 2 aliphatic rings. The van der Waals surface area contributed by atoms with Gasteiger partial charge in [-0.1, -0.05) is 53.2 Å². The number of aliphatic hydroxyl groups excluding tert-OH is 1. The van der Waals surface area contributed by atoms with Crippen molar-refractivity contribution < 1.29 is 66.1 Å². The van der Waals surface area contributed by atoms with E-state index in [9.17, 15) is 52.2 Å². The predicted molar refractivity (Wildman–Crippen MR) is 291 cm³/mol. The molecule has 5 atom stereocenters. The highest BCUT2D eigenvalue weighted by Gasteiger charge is 2.40. The van der Waals surface area contributed by atoms with Gasteiger partial charge in [0.25, 0.3) is 17.7 Å². The van der Waals surface area contributed by atoms with E-state index < -0.39 is 77.8 Å². The van der Waals surface area contributed by atoms with Crippen LogP contribution in [0.1, 0.15) is 123 Å². The van der Waals surface area contributed by atoms with E-state index in [0.717, 1.165) is 35.9 Å². The second-order valence-electron chi connectivity index (χ2n) is 21.9. The third-order valence-corrected chi connectivity index (χ3v) is 14.0. The zero-order valence-corrected chi connectivity index (χ0v) is 46.6. The SMILES string of the molecule is CC(C)[C@H](NC(=O)CCCCCN1C(=O)C=CC1=O)C(=O)C[C@@H](CCCNC(N)=O)C(=O)Nc1ccc(COC(=O)N[C@H](CF)CCN(C(=O)[C@H](C)O)[C@@H](c2nc(-c3cc(F)ccc3F)cn2CC2CCOCC2)C(C)(C)C)cc1. The predicted octanol–water partition coefficient (Wildman–Crippen LogP) is 6.79. The van der Waals surface area contributed by atoms with E-state index in [-0.39, 0.29) is 98.5 Å². The van der Waals surface area contributed by atoms with Gasteiger partial charge in [-0.15, -0.1) is 0 Å². The van der Waals surface area contributed by atoms with Crippen LogP contribution in [0.25, 0.3) is 11.3 Å². The molecular weight excluding hydrogens is 1040 g/mol. The number of nitrogens with one attached hydrogen (secondary N) is 4. The molecule has 0 bridgehead atoms. The summed E-state index contributed by atoms with van der Waals surface area (Å²) in [4.78, 5) is 110. The van der Waals surface area contributed by atoms with Gasteiger partial charge in [-0.3, -0.25) is 33.7 Å². The van der Waals surface area contributed by atoms with E-state index in [4.69, 9.17) is 20.2 Å². The molecule has 2 aliphatic heterocycles. The van der Waals surface area contributed by atoms with Crippen molar-refractivity contribution in [3.63, 3.8) is 0 Å². The number of imide groups is 1. The lowest BCUT2D eigenvalue weighted by Gasteiger charge is -2.41. The van der Waals surface area contributed by atoms with Gasteiger partial charge >= 0.3 is 12.1 Å². The minimum atomic E-state index is -1.49. The number of ether oxygens (including phenoxy) is 2. The average Bonchev–Trinajstić information content (AvgIpc) is 4.03. The molecule has 0 spiro atoms. The molecular formula is C57H78F3N9O11. The van der Waals surface area contributed by atoms with Crippen LogP contribution in [0.3, 0.4) is 0 Å². The van der Waals surface area contributed by atoms with Crippen LogP contribution in [0.2, 0.25) is 0 Å². The highest BCUT2D eigenvalue weighted by atomic mass is 19.1. The standard InChI is InChI=1S/C57H78F3N9O11/c1-35(2)50(66-47(72)12-8-7-9-25-68-48(73)19-20-49(68)74)46(71)29-39(11-10-24-62-55(61)77)53(75)63-41-16-13-38(14-17-41)34-80-56(78)64-42(31-58)21-26-69(54(76)36(3)70)51(57(4,5)6)52-65-45(43-30-40(59)15-18-44(43)60)33-67(52)32-37-22-27-79-28-23-37/h13-20,30,33,35-37,39,42,50-51,70H,7-12,21-29,31-32,34H2,1-6H3,(H,63,75)(H,64,78)(H,66,72)(H3,61,62,77)/t36-,39+,42-,50-,51-/m0/s1. The van der Waals surface area contributed by atoms with Crippen LogP contribution in [-0.2, 0) is 51.4 Å². The fourth-order valence-corrected chi connectivity index (χ4v) is 9.70. The number of rotatable bonds is 30. The van der Waals surface area contributed by atoms with Crippen LogP contribution in [0.5, 0.6) is 0 Å². The summed E-state index contributed by atoms with van der Waals surface area (Å²) in [5, 5.41) is 21.3. The number of aliphatic hydroxyl groups is 1. The van der Waals surface area contributed by atoms with Crippen LogP contribution in [0.4, 0.5) is 28.4 Å². The number of carbonyl (C=O) groups excluding carboxylic acids is 8. The molecule has 0 aliphatic carbocycles. The molecule has 1 fully saturated rings. The van der Waals surface area contributed by atoms with Gasteiger partial charge in [0.2, 0.25) is 11.8 Å². The lowest BCUT2D eigenvalue weighted by Crippen LogP contribution is -2.48. The molecule has 8 amide bonds. The fraction of sp³-hybridized carbons (Fsp3) is 0.561. The number of alkyl carbamates (subject to hydrolysis) is 1. The molecule has 5 rings (SSSR count). The van der Waals surface area contributed by atoms with Crippen molar-refractivity contribution in [2.24, 2.45) is 28.9 Å². The van der Waals surface area contributed by atoms with E-state index in [0.29, 0.717) is 62.5 Å². The normalized spacial score (nSPS) is 15.7. The molecule has 0 saturated carbocycles. The molecule has 1 aromatic heterocycles. The summed E-state index contributed by atoms with van der Waals surface area (Å²) in [7, 11) is 0. The summed E-state index contributed by atoms with van der Waals surface area (Å²) >= 11 is 0. The first-order valence-corrected chi connectivity index (χ1v) is 27.3. The van der Waals surface area contributed by atoms with E-state index in [1.807, 2.05) is 25.3 Å². The molecule has 3 aromatic rings. The molecule has 0 radical (unpaired) electrons. The topological polar surface area (TPSA) is 274 Å². The van der Waals surface area contributed by atoms with Crippen LogP contribution in [-0.4, -0.2) is 130 Å². The molecule has 3 heterocycles. The summed E-state index contributed by atoms with van der Waals surface area (Å²) in [6.07, 6.45) is 4.87. The Balaban J connectivity index is 1.19. The number of anilines is 1. The maximum Gasteiger partial charge on any atom is 0.407 e. The number of benzene rings is 2. The first-order valence-electron chi connectivity index (χ1n) is 27.3. The second kappa shape index (κ2) is 30.4. The fourth-order valence-electron chi connectivity index (χ4n) is 9.70. The van der Waals surface area contributed by atoms with Crippen LogP contribution < -0.4 is 27.0 Å². The average molecular weight is 1120 g/mol. The third-order valence-electron chi connectivity index (χ3n) is 14.0. The van der Waals surface area contributed by atoms with E-state index >= 15 is 4.39 Å². The van der Waals surface area contributed by atoms with E-state index in [2.05, 4.69) is 21.3 Å². The molecule has 2 aromatic carbocycles. The number of hydrogen-bond donors (Lipinski definition) is 6. The zero-order valence-electron chi connectivity index (χ0n) is 46.6. The molecule has 23 heteroatoms. The van der Waals surface area contributed by atoms with Crippen molar-refractivity contribution in [2.75, 3.05) is 44.8 Å². The number of carbonyl (C=O) groups is 8. The van der Waals surface area contributed by atoms with Gasteiger partial charge in [0.15, 0.2) is 5.78 Å². The van der Waals surface area contributed by atoms with Gasteiger partial charge in [0.1, 0.15) is 36.8 Å². The number of amides is 8. The number of hydrogen-bond acceptors (Lipinski definition) is 12. The quantitative estimate of drug-likeness (QED) is 0.0297. The van der Waals surface area contributed by atoms with Crippen molar-refractivity contribution >= 4 is 53.1 Å². The number of unbranched alkanes of at least 4 members (excludes halogenated alkanes) is 2. The number of nitrogens with zero attached hydrogens (tertiary/aromatic N) is 4. The minimum Gasteiger partial charge on any atom is -0.445 e. The minimum absolute atomic E-state index is 0.0739. The highest BCUT2D eigenvalue weighted by Crippen LogP contribution is 2.40. The Bertz CT molecular complexity index is 2630. The summed E-state index contributed by atoms with van der Waals surface area (Å²) in [5.41, 5.74) is 5.35. The Labute approximate surface area is 465 Å². The van der Waals surface area contributed by atoms with Gasteiger partial charge in [-0.05, 0) is 105 Å². The molecule has 1 saturated heterocycles. The monoisotopic (exact) mass is 1120 g/mol. The summed E-state index contributed by atoms with van der Waals surface area (Å²) < 4.78 is 57.3. The lowest BCUT2D eigenvalue weighted by molar-refractivity contribution is -0.145. The number of urea groups is 1. The van der Waals surface area contributed by atoms with Crippen molar-refractivity contribution in [1.29, 1.82) is 0 Å². The number of imidazole rings is 1. The number of ketones is 1. The Hall–Kier alpha value is -7.14. The van der Waals surface area contributed by atoms with Crippen LogP contribution >= 0.6 is 0 Å². The molecule has 7 N–H and O–H groups in total. The first-order chi connectivity index (χ1) is 37.9. The van der Waals surface area contributed by atoms with Gasteiger partial charge in [-0.25, -0.2) is 27.7 Å². The number of alkyl halides is 1. The molecule has 438 valence electrons.